The van der Waals surface area contributed by atoms with Crippen molar-refractivity contribution in [1.82, 2.24) is 19.4 Å². The van der Waals surface area contributed by atoms with Crippen molar-refractivity contribution >= 4 is 44.8 Å². The Hall–Kier alpha value is -4.43. The van der Waals surface area contributed by atoms with E-state index in [4.69, 9.17) is 14.8 Å². The SMILES string of the molecule is CCOc1cc2nc(CC)c(C#N)c(Nc3ccc4c(ccn4C)c3)c2cc1NC(=O)/C=C/CN1CCN(CCO)CC1. The van der Waals surface area contributed by atoms with E-state index in [1.54, 1.807) is 6.08 Å². The van der Waals surface area contributed by atoms with Gasteiger partial charge < -0.3 is 25.0 Å². The number of hydrogen-bond donors (Lipinski definition) is 3. The van der Waals surface area contributed by atoms with Crippen LogP contribution in [0.4, 0.5) is 17.1 Å². The standard InChI is InChI=1S/C33H39N7O3/c1-4-27-26(22-34)33(35-24-8-9-30-23(19-24)10-12-38(30)3)25-20-29(31(43-5-2)21-28(25)36-27)37-32(42)7-6-11-39-13-15-40(16-14-39)17-18-41/h6-10,12,19-21,41H,4-5,11,13-18H2,1-3H3,(H,35,36)(H,37,42)/b7-6+. The normalized spacial score (nSPS) is 14.4. The third-order valence-corrected chi connectivity index (χ3v) is 7.83. The van der Waals surface area contributed by atoms with E-state index in [0.717, 1.165) is 42.8 Å². The molecule has 224 valence electrons. The van der Waals surface area contributed by atoms with E-state index in [-0.39, 0.29) is 12.5 Å². The van der Waals surface area contributed by atoms with E-state index < -0.39 is 0 Å². The second-order valence-corrected chi connectivity index (χ2v) is 10.7. The quantitative estimate of drug-likeness (QED) is 0.223. The zero-order valence-corrected chi connectivity index (χ0v) is 25.1. The first-order valence-electron chi connectivity index (χ1n) is 14.8. The van der Waals surface area contributed by atoms with Gasteiger partial charge >= 0.3 is 0 Å². The van der Waals surface area contributed by atoms with E-state index in [0.29, 0.717) is 65.4 Å². The predicted molar refractivity (Wildman–Crippen MR) is 171 cm³/mol. The maximum absolute atomic E-state index is 13.0. The number of aliphatic hydroxyl groups excluding tert-OH is 1. The van der Waals surface area contributed by atoms with E-state index in [2.05, 4.69) is 43.2 Å². The lowest BCUT2D eigenvalue weighted by Crippen LogP contribution is -2.47. The number of carbonyl (C=O) groups excluding carboxylic acids is 1. The van der Waals surface area contributed by atoms with Crippen molar-refractivity contribution in [1.29, 1.82) is 5.26 Å². The fraction of sp³-hybridized carbons (Fsp3) is 0.364. The number of aromatic nitrogens is 2. The summed E-state index contributed by atoms with van der Waals surface area (Å²) < 4.78 is 7.98. The molecule has 0 aliphatic carbocycles. The van der Waals surface area contributed by atoms with Crippen LogP contribution < -0.4 is 15.4 Å². The van der Waals surface area contributed by atoms with Gasteiger partial charge in [0.25, 0.3) is 0 Å². The van der Waals surface area contributed by atoms with Gasteiger partial charge in [0.2, 0.25) is 5.91 Å². The number of nitrogens with one attached hydrogen (secondary N) is 2. The summed E-state index contributed by atoms with van der Waals surface area (Å²) in [5.74, 6) is 0.259. The van der Waals surface area contributed by atoms with Gasteiger partial charge in [-0.15, -0.1) is 0 Å². The van der Waals surface area contributed by atoms with Crippen LogP contribution in [0.1, 0.15) is 25.1 Å². The van der Waals surface area contributed by atoms with Crippen molar-refractivity contribution < 1.29 is 14.6 Å². The first kappa shape index (κ1) is 30.0. The Morgan fingerprint density at radius 3 is 2.65 bits per heavy atom. The Kier molecular flexibility index (Phi) is 9.57. The number of ether oxygens (including phenoxy) is 1. The first-order valence-corrected chi connectivity index (χ1v) is 14.8. The van der Waals surface area contributed by atoms with E-state index in [9.17, 15) is 10.1 Å². The molecule has 2 aromatic heterocycles. The lowest BCUT2D eigenvalue weighted by molar-refractivity contribution is -0.111. The molecule has 1 fully saturated rings. The highest BCUT2D eigenvalue weighted by Crippen LogP contribution is 2.38. The average molecular weight is 582 g/mol. The summed E-state index contributed by atoms with van der Waals surface area (Å²) in [4.78, 5) is 22.3. The van der Waals surface area contributed by atoms with Crippen molar-refractivity contribution in [2.45, 2.75) is 20.3 Å². The van der Waals surface area contributed by atoms with E-state index >= 15 is 0 Å². The van der Waals surface area contributed by atoms with Crippen molar-refractivity contribution in [2.75, 3.05) is 63.1 Å². The summed E-state index contributed by atoms with van der Waals surface area (Å²) in [6, 6.07) is 14.2. The number of amides is 1. The highest BCUT2D eigenvalue weighted by Gasteiger charge is 2.19. The minimum atomic E-state index is -0.262. The minimum Gasteiger partial charge on any atom is -0.492 e. The van der Waals surface area contributed by atoms with Crippen LogP contribution in [0.15, 0.2) is 54.7 Å². The summed E-state index contributed by atoms with van der Waals surface area (Å²) in [6.45, 7) is 9.45. The Labute approximate surface area is 252 Å². The highest BCUT2D eigenvalue weighted by atomic mass is 16.5. The van der Waals surface area contributed by atoms with Crippen LogP contribution >= 0.6 is 0 Å². The molecule has 0 spiro atoms. The van der Waals surface area contributed by atoms with E-state index in [1.165, 1.54) is 0 Å². The number of aliphatic hydroxyl groups is 1. The second kappa shape index (κ2) is 13.7. The van der Waals surface area contributed by atoms with Crippen LogP contribution in [0.5, 0.6) is 5.75 Å². The Balaban J connectivity index is 1.43. The van der Waals surface area contributed by atoms with Gasteiger partial charge in [0.05, 0.1) is 41.4 Å². The first-order chi connectivity index (χ1) is 20.9. The fourth-order valence-electron chi connectivity index (χ4n) is 5.54. The third-order valence-electron chi connectivity index (χ3n) is 7.83. The number of benzene rings is 2. The number of hydrogen-bond acceptors (Lipinski definition) is 8. The molecule has 1 amide bonds. The number of anilines is 3. The van der Waals surface area contributed by atoms with Gasteiger partial charge in [-0.1, -0.05) is 13.0 Å². The number of fused-ring (bicyclic) bond motifs is 2. The molecule has 0 radical (unpaired) electrons. The molecule has 1 saturated heterocycles. The van der Waals surface area contributed by atoms with Gasteiger partial charge in [-0.3, -0.25) is 19.6 Å². The van der Waals surface area contributed by atoms with Crippen molar-refractivity contribution in [3.8, 4) is 11.8 Å². The van der Waals surface area contributed by atoms with Crippen LogP contribution in [0.25, 0.3) is 21.8 Å². The molecule has 0 bridgehead atoms. The summed E-state index contributed by atoms with van der Waals surface area (Å²) in [6.07, 6.45) is 6.03. The van der Waals surface area contributed by atoms with Gasteiger partial charge in [-0.25, -0.2) is 0 Å². The number of piperazine rings is 1. The monoisotopic (exact) mass is 581 g/mol. The number of aryl methyl sites for hydroxylation is 2. The van der Waals surface area contributed by atoms with Gasteiger partial charge in [0, 0.05) is 86.6 Å². The highest BCUT2D eigenvalue weighted by molar-refractivity contribution is 6.05. The molecule has 3 heterocycles. The van der Waals surface area contributed by atoms with Crippen LogP contribution in [0.3, 0.4) is 0 Å². The van der Waals surface area contributed by atoms with Crippen molar-refractivity contribution in [2.24, 2.45) is 7.05 Å². The van der Waals surface area contributed by atoms with Crippen LogP contribution in [-0.4, -0.2) is 82.8 Å². The lowest BCUT2D eigenvalue weighted by atomic mass is 10.0. The zero-order chi connectivity index (χ0) is 30.3. The summed E-state index contributed by atoms with van der Waals surface area (Å²) in [7, 11) is 2.01. The zero-order valence-electron chi connectivity index (χ0n) is 25.1. The van der Waals surface area contributed by atoms with Gasteiger partial charge in [0.1, 0.15) is 11.8 Å². The Morgan fingerprint density at radius 2 is 1.93 bits per heavy atom. The number of rotatable bonds is 11. The number of carbonyl (C=O) groups is 1. The molecule has 0 saturated carbocycles. The van der Waals surface area contributed by atoms with Crippen molar-refractivity contribution in [3.05, 3.63) is 66.0 Å². The molecule has 1 aliphatic rings. The topological polar surface area (TPSA) is 119 Å². The number of pyridine rings is 1. The average Bonchev–Trinajstić information content (AvgIpc) is 3.38. The van der Waals surface area contributed by atoms with Gasteiger partial charge in [-0.2, -0.15) is 5.26 Å². The molecule has 43 heavy (non-hydrogen) atoms. The molecule has 10 heteroatoms. The van der Waals surface area contributed by atoms with Crippen molar-refractivity contribution in [3.63, 3.8) is 0 Å². The Bertz CT molecular complexity index is 1680. The van der Waals surface area contributed by atoms with Gasteiger partial charge in [0.15, 0.2) is 0 Å². The molecule has 5 rings (SSSR count). The molecule has 10 nitrogen and oxygen atoms in total. The molecule has 2 aromatic carbocycles. The molecular weight excluding hydrogens is 542 g/mol. The number of β-amino-alcohol motifs (C(OH)–C–C–N with tert-alkyl or cyclic N) is 1. The summed E-state index contributed by atoms with van der Waals surface area (Å²) in [5.41, 5.74) is 4.97. The van der Waals surface area contributed by atoms with Crippen LogP contribution in [0, 0.1) is 11.3 Å². The maximum Gasteiger partial charge on any atom is 0.248 e. The fourth-order valence-corrected chi connectivity index (χ4v) is 5.54. The smallest absolute Gasteiger partial charge is 0.248 e. The molecule has 0 atom stereocenters. The van der Waals surface area contributed by atoms with Crippen LogP contribution in [0.2, 0.25) is 0 Å². The molecule has 1 aliphatic heterocycles. The largest absolute Gasteiger partial charge is 0.492 e. The molecule has 4 aromatic rings. The van der Waals surface area contributed by atoms with E-state index in [1.807, 2.05) is 57.4 Å². The summed E-state index contributed by atoms with van der Waals surface area (Å²) >= 11 is 0. The number of nitriles is 1. The molecule has 0 unspecified atom stereocenters. The lowest BCUT2D eigenvalue weighted by Gasteiger charge is -2.33. The maximum atomic E-state index is 13.0. The minimum absolute atomic E-state index is 0.174. The van der Waals surface area contributed by atoms with Gasteiger partial charge in [-0.05, 0) is 43.7 Å². The number of nitrogens with zero attached hydrogens (tertiary/aromatic N) is 5. The summed E-state index contributed by atoms with van der Waals surface area (Å²) in [5, 5.41) is 27.6. The van der Waals surface area contributed by atoms with Crippen LogP contribution in [-0.2, 0) is 18.3 Å². The third kappa shape index (κ3) is 6.81. The molecular formula is C33H39N7O3. The Morgan fingerprint density at radius 1 is 1.14 bits per heavy atom. The molecule has 3 N–H and O–H groups in total. The predicted octanol–water partition coefficient (Wildman–Crippen LogP) is 4.41. The second-order valence-electron chi connectivity index (χ2n) is 10.7.